The van der Waals surface area contributed by atoms with Crippen molar-refractivity contribution < 1.29 is 4.92 Å². The molecule has 2 rings (SSSR count). The zero-order chi connectivity index (χ0) is 13.0. The largest absolute Gasteiger partial charge is 0.383 e. The predicted molar refractivity (Wildman–Crippen MR) is 72.1 cm³/mol. The fraction of sp³-hybridized carbons (Fsp3) is 0.200. The lowest BCUT2D eigenvalue weighted by molar-refractivity contribution is -0.384. The summed E-state index contributed by atoms with van der Waals surface area (Å²) in [4.78, 5) is 10.5. The van der Waals surface area contributed by atoms with Gasteiger partial charge in [-0.2, -0.15) is 0 Å². The van der Waals surface area contributed by atoms with Crippen molar-refractivity contribution in [3.05, 3.63) is 39.4 Å². The molecule has 0 bridgehead atoms. The third kappa shape index (κ3) is 2.96. The highest BCUT2D eigenvalue weighted by molar-refractivity contribution is 8.00. The summed E-state index contributed by atoms with van der Waals surface area (Å²) in [6.07, 6.45) is 0. The molecule has 0 spiro atoms. The van der Waals surface area contributed by atoms with Gasteiger partial charge in [0.05, 0.1) is 4.92 Å². The number of thioether (sulfide) groups is 1. The molecule has 0 atom stereocenters. The topological polar surface area (TPSA) is 81.0 Å². The number of rotatable bonds is 5. The number of nitro benzene ring substituents is 1. The molecule has 1 aromatic carbocycles. The van der Waals surface area contributed by atoms with Crippen LogP contribution in [0.2, 0.25) is 0 Å². The van der Waals surface area contributed by atoms with Crippen molar-refractivity contribution in [2.45, 2.75) is 10.1 Å². The van der Waals surface area contributed by atoms with Gasteiger partial charge in [0, 0.05) is 18.9 Å². The van der Waals surface area contributed by atoms with Crippen molar-refractivity contribution in [3.8, 4) is 0 Å². The molecule has 1 heterocycles. The predicted octanol–water partition coefficient (Wildman–Crippen LogP) is 2.78. The highest BCUT2D eigenvalue weighted by Crippen LogP contribution is 2.29. The van der Waals surface area contributed by atoms with E-state index in [1.54, 1.807) is 24.7 Å². The average molecular weight is 282 g/mol. The Morgan fingerprint density at radius 1 is 1.56 bits per heavy atom. The first-order valence-electron chi connectivity index (χ1n) is 5.04. The molecule has 0 radical (unpaired) electrons. The molecule has 0 fully saturated rings. The first kappa shape index (κ1) is 12.8. The molecule has 0 saturated heterocycles. The maximum Gasteiger partial charge on any atom is 0.292 e. The smallest absolute Gasteiger partial charge is 0.292 e. The molecule has 0 aliphatic rings. The van der Waals surface area contributed by atoms with Crippen LogP contribution in [0.3, 0.4) is 0 Å². The summed E-state index contributed by atoms with van der Waals surface area (Å²) in [5, 5.41) is 21.4. The van der Waals surface area contributed by atoms with Crippen LogP contribution in [0.5, 0.6) is 0 Å². The number of hydrogen-bond donors (Lipinski definition) is 1. The molecule has 94 valence electrons. The van der Waals surface area contributed by atoms with E-state index in [4.69, 9.17) is 0 Å². The molecular formula is C10H10N4O2S2. The van der Waals surface area contributed by atoms with Gasteiger partial charge in [-0.15, -0.1) is 10.2 Å². The van der Waals surface area contributed by atoms with Crippen LogP contribution < -0.4 is 5.32 Å². The number of nitro groups is 1. The van der Waals surface area contributed by atoms with Gasteiger partial charge in [0.2, 0.25) is 0 Å². The minimum absolute atomic E-state index is 0.0906. The third-order valence-electron chi connectivity index (χ3n) is 2.23. The Bertz CT molecular complexity index is 545. The monoisotopic (exact) mass is 282 g/mol. The minimum Gasteiger partial charge on any atom is -0.383 e. The van der Waals surface area contributed by atoms with E-state index in [0.29, 0.717) is 11.4 Å². The molecule has 18 heavy (non-hydrogen) atoms. The normalized spacial score (nSPS) is 10.3. The molecule has 6 nitrogen and oxygen atoms in total. The Morgan fingerprint density at radius 2 is 2.39 bits per heavy atom. The van der Waals surface area contributed by atoms with E-state index in [2.05, 4.69) is 15.5 Å². The SMILES string of the molecule is CNc1ccc(CSc2nncs2)cc1[N+](=O)[O-]. The Kier molecular flexibility index (Phi) is 4.11. The Labute approximate surface area is 112 Å². The van der Waals surface area contributed by atoms with Crippen LogP contribution in [0.1, 0.15) is 5.56 Å². The second kappa shape index (κ2) is 5.78. The van der Waals surface area contributed by atoms with Gasteiger partial charge in [0.1, 0.15) is 11.2 Å². The van der Waals surface area contributed by atoms with Gasteiger partial charge in [-0.25, -0.2) is 0 Å². The second-order valence-corrected chi connectivity index (χ2v) is 5.41. The van der Waals surface area contributed by atoms with Gasteiger partial charge in [0.25, 0.3) is 5.69 Å². The summed E-state index contributed by atoms with van der Waals surface area (Å²) in [6, 6.07) is 5.17. The van der Waals surface area contributed by atoms with Crippen LogP contribution >= 0.6 is 23.1 Å². The van der Waals surface area contributed by atoms with Gasteiger partial charge < -0.3 is 5.32 Å². The first-order valence-corrected chi connectivity index (χ1v) is 6.91. The lowest BCUT2D eigenvalue weighted by Gasteiger charge is -2.04. The lowest BCUT2D eigenvalue weighted by Crippen LogP contribution is -1.97. The van der Waals surface area contributed by atoms with Crippen molar-refractivity contribution in [2.75, 3.05) is 12.4 Å². The second-order valence-electron chi connectivity index (χ2n) is 3.35. The maximum absolute atomic E-state index is 10.9. The molecule has 1 aromatic heterocycles. The van der Waals surface area contributed by atoms with Gasteiger partial charge in [-0.3, -0.25) is 10.1 Å². The van der Waals surface area contributed by atoms with E-state index in [-0.39, 0.29) is 10.6 Å². The number of benzene rings is 1. The summed E-state index contributed by atoms with van der Waals surface area (Å²) in [5.41, 5.74) is 3.16. The van der Waals surface area contributed by atoms with E-state index in [9.17, 15) is 10.1 Å². The van der Waals surface area contributed by atoms with Crippen LogP contribution in [0.15, 0.2) is 28.0 Å². The molecular weight excluding hydrogens is 272 g/mol. The van der Waals surface area contributed by atoms with Crippen LogP contribution in [-0.4, -0.2) is 22.2 Å². The number of hydrogen-bond acceptors (Lipinski definition) is 7. The van der Waals surface area contributed by atoms with E-state index >= 15 is 0 Å². The Morgan fingerprint density at radius 3 is 3.00 bits per heavy atom. The lowest BCUT2D eigenvalue weighted by atomic mass is 10.2. The van der Waals surface area contributed by atoms with E-state index < -0.39 is 0 Å². The molecule has 0 saturated carbocycles. The van der Waals surface area contributed by atoms with Crippen molar-refractivity contribution in [2.24, 2.45) is 0 Å². The highest BCUT2D eigenvalue weighted by Gasteiger charge is 2.13. The Hall–Kier alpha value is -1.67. The molecule has 8 heteroatoms. The summed E-state index contributed by atoms with van der Waals surface area (Å²) < 4.78 is 0.857. The summed E-state index contributed by atoms with van der Waals surface area (Å²) in [7, 11) is 1.66. The number of aromatic nitrogens is 2. The van der Waals surface area contributed by atoms with Crippen molar-refractivity contribution in [1.82, 2.24) is 10.2 Å². The molecule has 2 aromatic rings. The zero-order valence-corrected chi connectivity index (χ0v) is 11.1. The Balaban J connectivity index is 2.14. The quantitative estimate of drug-likeness (QED) is 0.516. The van der Waals surface area contributed by atoms with Crippen molar-refractivity contribution >= 4 is 34.5 Å². The average Bonchev–Trinajstić information content (AvgIpc) is 2.89. The summed E-state index contributed by atoms with van der Waals surface area (Å²) in [5.74, 6) is 0.639. The van der Waals surface area contributed by atoms with E-state index in [1.165, 1.54) is 23.1 Å². The van der Waals surface area contributed by atoms with Crippen LogP contribution in [-0.2, 0) is 5.75 Å². The first-order chi connectivity index (χ1) is 8.70. The maximum atomic E-state index is 10.9. The molecule has 0 aliphatic heterocycles. The van der Waals surface area contributed by atoms with E-state index in [0.717, 1.165) is 9.90 Å². The standard InChI is InChI=1S/C10H10N4O2S2/c1-11-8-3-2-7(4-9(8)14(15)16)5-17-10-13-12-6-18-10/h2-4,6,11H,5H2,1H3. The number of anilines is 1. The van der Waals surface area contributed by atoms with Crippen LogP contribution in [0, 0.1) is 10.1 Å². The van der Waals surface area contributed by atoms with Gasteiger partial charge in [0.15, 0.2) is 4.34 Å². The summed E-state index contributed by atoms with van der Waals surface area (Å²) in [6.45, 7) is 0. The fourth-order valence-corrected chi connectivity index (χ4v) is 2.83. The van der Waals surface area contributed by atoms with Gasteiger partial charge >= 0.3 is 0 Å². The summed E-state index contributed by atoms with van der Waals surface area (Å²) >= 11 is 2.97. The molecule has 0 amide bonds. The molecule has 0 unspecified atom stereocenters. The zero-order valence-electron chi connectivity index (χ0n) is 9.49. The van der Waals surface area contributed by atoms with Crippen molar-refractivity contribution in [3.63, 3.8) is 0 Å². The van der Waals surface area contributed by atoms with Crippen molar-refractivity contribution in [1.29, 1.82) is 0 Å². The molecule has 0 aliphatic carbocycles. The number of nitrogens with one attached hydrogen (secondary N) is 1. The third-order valence-corrected chi connectivity index (χ3v) is 4.16. The molecule has 1 N–H and O–H groups in total. The number of nitrogens with zero attached hydrogens (tertiary/aromatic N) is 3. The van der Waals surface area contributed by atoms with E-state index in [1.807, 2.05) is 6.07 Å². The van der Waals surface area contributed by atoms with Gasteiger partial charge in [-0.05, 0) is 11.6 Å². The minimum atomic E-state index is -0.384. The van der Waals surface area contributed by atoms with Crippen LogP contribution in [0.4, 0.5) is 11.4 Å². The van der Waals surface area contributed by atoms with Gasteiger partial charge in [-0.1, -0.05) is 29.2 Å². The highest BCUT2D eigenvalue weighted by atomic mass is 32.2. The van der Waals surface area contributed by atoms with Crippen LogP contribution in [0.25, 0.3) is 0 Å². The fourth-order valence-electron chi connectivity index (χ4n) is 1.40.